The number of benzene rings is 3. The number of pyridine rings is 1. The molecule has 10 nitrogen and oxygen atoms in total. The molecule has 0 aliphatic carbocycles. The Bertz CT molecular complexity index is 1610. The van der Waals surface area contributed by atoms with Crippen LogP contribution in [0, 0.1) is 0 Å². The Morgan fingerprint density at radius 3 is 2.52 bits per heavy atom. The summed E-state index contributed by atoms with van der Waals surface area (Å²) < 4.78 is 0. The van der Waals surface area contributed by atoms with Gasteiger partial charge in [-0.1, -0.05) is 66.7 Å². The lowest BCUT2D eigenvalue weighted by Crippen LogP contribution is -2.75. The molecule has 3 atom stereocenters. The molecule has 0 radical (unpaired) electrons. The number of carbonyl (C=O) groups is 3. The minimum absolute atomic E-state index is 0.106. The standard InChI is InChI=1S/C32H31N5O5/c1-21-30-36(28(39)20-42-37(30)32(41)34-18-23-7-3-2-4-8-23)27(17-22-12-14-26(38)15-13-22)31(40)35(21)19-25-10-5-9-24-11-6-16-33-29(24)25/h2-16,21,27,30,38H,17-20H2,1H3,(H,34,41)/t21-,27-,30-/m0/s1. The van der Waals surface area contributed by atoms with E-state index >= 15 is 0 Å². The van der Waals surface area contributed by atoms with E-state index in [1.54, 1.807) is 35.4 Å². The van der Waals surface area contributed by atoms with Crippen molar-refractivity contribution in [1.82, 2.24) is 25.2 Å². The maximum absolute atomic E-state index is 14.2. The van der Waals surface area contributed by atoms with E-state index in [2.05, 4.69) is 10.3 Å². The van der Waals surface area contributed by atoms with Crippen LogP contribution in [0.4, 0.5) is 4.79 Å². The molecule has 214 valence electrons. The van der Waals surface area contributed by atoms with Gasteiger partial charge in [-0.05, 0) is 41.8 Å². The summed E-state index contributed by atoms with van der Waals surface area (Å²) in [6, 6.07) is 23.7. The van der Waals surface area contributed by atoms with Gasteiger partial charge in [-0.25, -0.2) is 4.79 Å². The van der Waals surface area contributed by atoms with Crippen molar-refractivity contribution < 1.29 is 24.3 Å². The van der Waals surface area contributed by atoms with Crippen molar-refractivity contribution in [3.8, 4) is 5.75 Å². The number of piperazine rings is 1. The Labute approximate surface area is 243 Å². The Hall–Kier alpha value is -4.96. The zero-order valence-electron chi connectivity index (χ0n) is 23.1. The van der Waals surface area contributed by atoms with E-state index in [1.165, 1.54) is 9.96 Å². The highest BCUT2D eigenvalue weighted by Crippen LogP contribution is 2.33. The number of urea groups is 1. The Morgan fingerprint density at radius 1 is 0.976 bits per heavy atom. The Balaban J connectivity index is 1.35. The number of nitrogens with zero attached hydrogens (tertiary/aromatic N) is 4. The predicted octanol–water partition coefficient (Wildman–Crippen LogP) is 3.59. The van der Waals surface area contributed by atoms with Crippen LogP contribution in [0.5, 0.6) is 5.75 Å². The first kappa shape index (κ1) is 27.2. The van der Waals surface area contributed by atoms with Crippen LogP contribution in [-0.4, -0.2) is 67.7 Å². The molecule has 2 saturated heterocycles. The largest absolute Gasteiger partial charge is 0.508 e. The number of hydrogen-bond acceptors (Lipinski definition) is 6. The molecule has 4 amide bonds. The number of aromatic hydroxyl groups is 1. The number of nitrogens with one attached hydrogen (secondary N) is 1. The van der Waals surface area contributed by atoms with Crippen LogP contribution >= 0.6 is 0 Å². The molecule has 42 heavy (non-hydrogen) atoms. The first-order valence-corrected chi connectivity index (χ1v) is 13.9. The van der Waals surface area contributed by atoms with E-state index in [4.69, 9.17) is 4.84 Å². The zero-order valence-corrected chi connectivity index (χ0v) is 23.1. The van der Waals surface area contributed by atoms with E-state index in [-0.39, 0.29) is 43.7 Å². The molecule has 3 heterocycles. The van der Waals surface area contributed by atoms with E-state index in [0.29, 0.717) is 0 Å². The molecular weight excluding hydrogens is 534 g/mol. The van der Waals surface area contributed by atoms with Crippen LogP contribution in [0.2, 0.25) is 0 Å². The van der Waals surface area contributed by atoms with E-state index < -0.39 is 24.3 Å². The Morgan fingerprint density at radius 2 is 1.74 bits per heavy atom. The van der Waals surface area contributed by atoms with Crippen molar-refractivity contribution in [3.63, 3.8) is 0 Å². The minimum Gasteiger partial charge on any atom is -0.508 e. The Kier molecular flexibility index (Phi) is 7.45. The lowest BCUT2D eigenvalue weighted by molar-refractivity contribution is -0.245. The van der Waals surface area contributed by atoms with Gasteiger partial charge in [-0.2, -0.15) is 5.06 Å². The fourth-order valence-corrected chi connectivity index (χ4v) is 5.77. The molecule has 0 unspecified atom stereocenters. The lowest BCUT2D eigenvalue weighted by Gasteiger charge is -2.54. The second-order valence-electron chi connectivity index (χ2n) is 10.5. The van der Waals surface area contributed by atoms with Crippen LogP contribution in [0.25, 0.3) is 10.9 Å². The lowest BCUT2D eigenvalue weighted by atomic mass is 9.95. The number of carbonyl (C=O) groups excluding carboxylic acids is 3. The summed E-state index contributed by atoms with van der Waals surface area (Å²) in [5, 5.41) is 14.8. The summed E-state index contributed by atoms with van der Waals surface area (Å²) in [5.41, 5.74) is 3.32. The number of rotatable bonds is 6. The quantitative estimate of drug-likeness (QED) is 0.369. The molecule has 0 saturated carbocycles. The smallest absolute Gasteiger partial charge is 0.343 e. The molecule has 2 aliphatic heterocycles. The number of hydrogen-bond donors (Lipinski definition) is 2. The predicted molar refractivity (Wildman–Crippen MR) is 154 cm³/mol. The first-order chi connectivity index (χ1) is 20.4. The maximum atomic E-state index is 14.2. The van der Waals surface area contributed by atoms with Gasteiger partial charge >= 0.3 is 6.03 Å². The van der Waals surface area contributed by atoms with Gasteiger partial charge in [0.05, 0.1) is 11.6 Å². The summed E-state index contributed by atoms with van der Waals surface area (Å²) in [5.74, 6) is -0.503. The maximum Gasteiger partial charge on any atom is 0.343 e. The molecule has 2 N–H and O–H groups in total. The average Bonchev–Trinajstić information content (AvgIpc) is 3.01. The van der Waals surface area contributed by atoms with Gasteiger partial charge in [0.1, 0.15) is 11.8 Å². The zero-order chi connectivity index (χ0) is 29.2. The third kappa shape index (κ3) is 5.24. The second kappa shape index (κ2) is 11.5. The van der Waals surface area contributed by atoms with Crippen molar-refractivity contribution in [2.24, 2.45) is 0 Å². The number of amides is 4. The normalized spacial score (nSPS) is 20.5. The molecule has 2 aliphatic rings. The first-order valence-electron chi connectivity index (χ1n) is 13.9. The van der Waals surface area contributed by atoms with Gasteiger partial charge in [0, 0.05) is 31.1 Å². The molecule has 6 rings (SSSR count). The molecule has 1 aromatic heterocycles. The van der Waals surface area contributed by atoms with Gasteiger partial charge in [-0.15, -0.1) is 0 Å². The highest BCUT2D eigenvalue weighted by molar-refractivity contribution is 5.92. The second-order valence-corrected chi connectivity index (χ2v) is 10.5. The summed E-state index contributed by atoms with van der Waals surface area (Å²) in [4.78, 5) is 54.6. The average molecular weight is 566 g/mol. The molecule has 10 heteroatoms. The highest BCUT2D eigenvalue weighted by Gasteiger charge is 2.53. The highest BCUT2D eigenvalue weighted by atomic mass is 16.7. The summed E-state index contributed by atoms with van der Waals surface area (Å²) in [6.07, 6.45) is 1.05. The number of aromatic nitrogens is 1. The van der Waals surface area contributed by atoms with Gasteiger partial charge in [-0.3, -0.25) is 19.4 Å². The third-order valence-corrected chi connectivity index (χ3v) is 7.88. The molecule has 0 bridgehead atoms. The van der Waals surface area contributed by atoms with Gasteiger partial charge in [0.15, 0.2) is 12.8 Å². The van der Waals surface area contributed by atoms with Crippen molar-refractivity contribution in [1.29, 1.82) is 0 Å². The summed E-state index contributed by atoms with van der Waals surface area (Å²) in [6.45, 7) is 1.97. The topological polar surface area (TPSA) is 115 Å². The van der Waals surface area contributed by atoms with Crippen LogP contribution in [0.15, 0.2) is 91.1 Å². The number of phenolic OH excluding ortho intramolecular Hbond substituents is 1. The van der Waals surface area contributed by atoms with Crippen molar-refractivity contribution in [2.75, 3.05) is 6.61 Å². The molecule has 2 fully saturated rings. The molecule has 0 spiro atoms. The van der Waals surface area contributed by atoms with Gasteiger partial charge < -0.3 is 20.2 Å². The fourth-order valence-electron chi connectivity index (χ4n) is 5.77. The number of para-hydroxylation sites is 1. The summed E-state index contributed by atoms with van der Waals surface area (Å²) >= 11 is 0. The van der Waals surface area contributed by atoms with Crippen molar-refractivity contribution in [3.05, 3.63) is 108 Å². The summed E-state index contributed by atoms with van der Waals surface area (Å²) in [7, 11) is 0. The SMILES string of the molecule is C[C@H]1[C@@H]2N(C(=O)NCc3ccccc3)OCC(=O)N2[C@@H](Cc2ccc(O)cc2)C(=O)N1Cc1cccc2cccnc12. The molecular formula is C32H31N5O5. The third-order valence-electron chi connectivity index (χ3n) is 7.88. The van der Waals surface area contributed by atoms with Crippen LogP contribution in [-0.2, 0) is 33.9 Å². The number of fused-ring (bicyclic) bond motifs is 2. The van der Waals surface area contributed by atoms with Crippen LogP contribution in [0.3, 0.4) is 0 Å². The van der Waals surface area contributed by atoms with Crippen LogP contribution in [0.1, 0.15) is 23.6 Å². The molecule has 4 aromatic rings. The van der Waals surface area contributed by atoms with E-state index in [0.717, 1.165) is 27.6 Å². The van der Waals surface area contributed by atoms with Crippen LogP contribution < -0.4 is 5.32 Å². The van der Waals surface area contributed by atoms with E-state index in [1.807, 2.05) is 67.6 Å². The van der Waals surface area contributed by atoms with Gasteiger partial charge in [0.25, 0.3) is 5.91 Å². The molecule has 3 aromatic carbocycles. The number of phenols is 1. The fraction of sp³-hybridized carbons (Fsp3) is 0.250. The number of hydroxylamine groups is 2. The minimum atomic E-state index is -0.889. The monoisotopic (exact) mass is 565 g/mol. The van der Waals surface area contributed by atoms with Crippen molar-refractivity contribution >= 4 is 28.7 Å². The van der Waals surface area contributed by atoms with E-state index in [9.17, 15) is 19.5 Å². The van der Waals surface area contributed by atoms with Crippen molar-refractivity contribution in [2.45, 2.75) is 44.7 Å². The van der Waals surface area contributed by atoms with Gasteiger partial charge in [0.2, 0.25) is 5.91 Å².